The minimum Gasteiger partial charge on any atom is -0.350 e. The monoisotopic (exact) mass is 377 g/mol. The van der Waals surface area contributed by atoms with Gasteiger partial charge in [0.05, 0.1) is 11.3 Å². The van der Waals surface area contributed by atoms with Gasteiger partial charge in [-0.2, -0.15) is 5.10 Å². The molecule has 0 spiro atoms. The van der Waals surface area contributed by atoms with Crippen LogP contribution in [0.1, 0.15) is 35.7 Å². The molecule has 8 heteroatoms. The molecule has 1 aliphatic rings. The smallest absolute Gasteiger partial charge is 0.256 e. The lowest BCUT2D eigenvalue weighted by Gasteiger charge is -2.38. The van der Waals surface area contributed by atoms with Gasteiger partial charge in [0.25, 0.3) is 5.91 Å². The van der Waals surface area contributed by atoms with Crippen LogP contribution < -0.4 is 5.32 Å². The fraction of sp³-hybridized carbons (Fsp3) is 0.350. The molecule has 4 rings (SSSR count). The predicted molar refractivity (Wildman–Crippen MR) is 105 cm³/mol. The Kier molecular flexibility index (Phi) is 5.01. The average Bonchev–Trinajstić information content (AvgIpc) is 3.24. The van der Waals surface area contributed by atoms with Crippen molar-refractivity contribution in [1.29, 1.82) is 0 Å². The fourth-order valence-corrected chi connectivity index (χ4v) is 3.57. The van der Waals surface area contributed by atoms with Crippen LogP contribution in [0.25, 0.3) is 5.69 Å². The summed E-state index contributed by atoms with van der Waals surface area (Å²) in [6.45, 7) is 4.68. The summed E-state index contributed by atoms with van der Waals surface area (Å²) in [5, 5.41) is 7.55. The van der Waals surface area contributed by atoms with Crippen molar-refractivity contribution < 1.29 is 4.79 Å². The van der Waals surface area contributed by atoms with Gasteiger partial charge >= 0.3 is 0 Å². The van der Waals surface area contributed by atoms with Crippen LogP contribution >= 0.6 is 0 Å². The molecule has 0 radical (unpaired) electrons. The topological polar surface area (TPSA) is 88.8 Å². The van der Waals surface area contributed by atoms with E-state index < -0.39 is 0 Å². The first-order chi connectivity index (χ1) is 13.6. The number of anilines is 1. The number of nitrogens with one attached hydrogen (secondary N) is 1. The number of rotatable bonds is 4. The van der Waals surface area contributed by atoms with E-state index in [0.29, 0.717) is 18.1 Å². The highest BCUT2D eigenvalue weighted by Crippen LogP contribution is 2.24. The van der Waals surface area contributed by atoms with Crippen molar-refractivity contribution in [3.05, 3.63) is 60.4 Å². The lowest BCUT2D eigenvalue weighted by molar-refractivity contribution is 0.0621. The van der Waals surface area contributed by atoms with Crippen LogP contribution in [0, 0.1) is 6.92 Å². The van der Waals surface area contributed by atoms with Gasteiger partial charge in [-0.05, 0) is 44.9 Å². The number of aryl methyl sites for hydroxylation is 1. The van der Waals surface area contributed by atoms with Gasteiger partial charge < -0.3 is 10.2 Å². The van der Waals surface area contributed by atoms with Crippen LogP contribution in [0.15, 0.2) is 49.3 Å². The third kappa shape index (κ3) is 3.71. The van der Waals surface area contributed by atoms with E-state index in [1.165, 1.54) is 6.33 Å². The second-order valence-electron chi connectivity index (χ2n) is 7.16. The van der Waals surface area contributed by atoms with Crippen LogP contribution in [-0.4, -0.2) is 54.2 Å². The highest BCUT2D eigenvalue weighted by molar-refractivity contribution is 5.98. The average molecular weight is 377 g/mol. The molecular weight excluding hydrogens is 354 g/mol. The molecule has 144 valence electrons. The molecule has 0 saturated carbocycles. The minimum absolute atomic E-state index is 0.00202. The lowest BCUT2D eigenvalue weighted by Crippen LogP contribution is -2.50. The number of carbonyl (C=O) groups excluding carboxylic acids is 1. The van der Waals surface area contributed by atoms with Crippen LogP contribution in [0.2, 0.25) is 0 Å². The second-order valence-corrected chi connectivity index (χ2v) is 7.16. The Morgan fingerprint density at radius 2 is 2.04 bits per heavy atom. The van der Waals surface area contributed by atoms with Crippen LogP contribution in [0.5, 0.6) is 0 Å². The van der Waals surface area contributed by atoms with Gasteiger partial charge in [0.1, 0.15) is 12.7 Å². The van der Waals surface area contributed by atoms with Gasteiger partial charge in [0.2, 0.25) is 5.95 Å². The zero-order chi connectivity index (χ0) is 19.5. The summed E-state index contributed by atoms with van der Waals surface area (Å²) in [6, 6.07) is 7.87. The Hall–Kier alpha value is -3.29. The first-order valence-corrected chi connectivity index (χ1v) is 9.42. The number of likely N-dealkylation sites (tertiary alicyclic amines) is 1. The fourth-order valence-electron chi connectivity index (χ4n) is 3.57. The Morgan fingerprint density at radius 1 is 1.21 bits per heavy atom. The molecule has 2 atom stereocenters. The van der Waals surface area contributed by atoms with Crippen LogP contribution in [-0.2, 0) is 0 Å². The summed E-state index contributed by atoms with van der Waals surface area (Å²) in [7, 11) is 0. The van der Waals surface area contributed by atoms with Crippen molar-refractivity contribution in [2.24, 2.45) is 0 Å². The molecule has 3 heterocycles. The molecule has 2 aromatic heterocycles. The maximum Gasteiger partial charge on any atom is 0.256 e. The molecule has 1 saturated heterocycles. The summed E-state index contributed by atoms with van der Waals surface area (Å²) >= 11 is 0. The van der Waals surface area contributed by atoms with Crippen molar-refractivity contribution in [3.63, 3.8) is 0 Å². The first kappa shape index (κ1) is 18.1. The van der Waals surface area contributed by atoms with Gasteiger partial charge in [-0.25, -0.2) is 19.6 Å². The molecular formula is C20H23N7O. The highest BCUT2D eigenvalue weighted by atomic mass is 16.2. The van der Waals surface area contributed by atoms with Crippen molar-refractivity contribution in [1.82, 2.24) is 29.6 Å². The number of amides is 1. The quantitative estimate of drug-likeness (QED) is 0.751. The summed E-state index contributed by atoms with van der Waals surface area (Å²) in [4.78, 5) is 27.9. The highest BCUT2D eigenvalue weighted by Gasteiger charge is 2.31. The van der Waals surface area contributed by atoms with Gasteiger partial charge in [-0.3, -0.25) is 4.79 Å². The van der Waals surface area contributed by atoms with E-state index in [1.807, 2.05) is 30.0 Å². The maximum atomic E-state index is 13.5. The standard InChI is InChI=1S/C20H23N7O/c1-14-4-7-18(27-13-21-12-24-27)17(10-14)19(28)26-11-16(6-5-15(26)2)25-20-22-8-3-9-23-20/h3-4,7-10,12-13,15-16H,5-6,11H2,1-2H3,(H,22,23,25). The number of benzene rings is 1. The van der Waals surface area contributed by atoms with Gasteiger partial charge in [-0.15, -0.1) is 0 Å². The number of aromatic nitrogens is 5. The van der Waals surface area contributed by atoms with Crippen molar-refractivity contribution in [2.45, 2.75) is 38.8 Å². The van der Waals surface area contributed by atoms with Gasteiger partial charge in [0.15, 0.2) is 0 Å². The number of hydrogen-bond donors (Lipinski definition) is 1. The van der Waals surface area contributed by atoms with Crippen LogP contribution in [0.3, 0.4) is 0 Å². The summed E-state index contributed by atoms with van der Waals surface area (Å²) in [6.07, 6.45) is 8.38. The van der Waals surface area contributed by atoms with Crippen molar-refractivity contribution in [2.75, 3.05) is 11.9 Å². The summed E-state index contributed by atoms with van der Waals surface area (Å²) in [5.41, 5.74) is 2.40. The minimum atomic E-state index is 0.00202. The molecule has 1 aliphatic heterocycles. The zero-order valence-corrected chi connectivity index (χ0v) is 16.0. The molecule has 0 aliphatic carbocycles. The van der Waals surface area contributed by atoms with Crippen molar-refractivity contribution in [3.8, 4) is 5.69 Å². The number of carbonyl (C=O) groups is 1. The molecule has 8 nitrogen and oxygen atoms in total. The maximum absolute atomic E-state index is 13.5. The second kappa shape index (κ2) is 7.75. The normalized spacial score (nSPS) is 19.4. The van der Waals surface area contributed by atoms with Crippen molar-refractivity contribution >= 4 is 11.9 Å². The number of piperidine rings is 1. The van der Waals surface area contributed by atoms with E-state index in [0.717, 1.165) is 24.1 Å². The van der Waals surface area contributed by atoms with Gasteiger partial charge in [0, 0.05) is 31.0 Å². The SMILES string of the molecule is Cc1ccc(-n2cncn2)c(C(=O)N2CC(Nc3ncccn3)CCC2C)c1. The van der Waals surface area contributed by atoms with E-state index in [1.54, 1.807) is 29.5 Å². The molecule has 2 unspecified atom stereocenters. The number of nitrogens with zero attached hydrogens (tertiary/aromatic N) is 6. The Balaban J connectivity index is 1.59. The molecule has 1 N–H and O–H groups in total. The number of hydrogen-bond acceptors (Lipinski definition) is 6. The van der Waals surface area contributed by atoms with E-state index in [2.05, 4.69) is 32.3 Å². The molecule has 1 amide bonds. The Bertz CT molecular complexity index is 942. The lowest BCUT2D eigenvalue weighted by atomic mass is 9.97. The molecule has 1 fully saturated rings. The van der Waals surface area contributed by atoms with E-state index in [-0.39, 0.29) is 18.0 Å². The largest absolute Gasteiger partial charge is 0.350 e. The van der Waals surface area contributed by atoms with E-state index in [9.17, 15) is 4.79 Å². The molecule has 0 bridgehead atoms. The third-order valence-electron chi connectivity index (χ3n) is 5.09. The van der Waals surface area contributed by atoms with Gasteiger partial charge in [-0.1, -0.05) is 11.6 Å². The molecule has 1 aromatic carbocycles. The summed E-state index contributed by atoms with van der Waals surface area (Å²) < 4.78 is 1.63. The predicted octanol–water partition coefficient (Wildman–Crippen LogP) is 2.47. The first-order valence-electron chi connectivity index (χ1n) is 9.42. The third-order valence-corrected chi connectivity index (χ3v) is 5.09. The van der Waals surface area contributed by atoms with E-state index >= 15 is 0 Å². The molecule has 3 aromatic rings. The Morgan fingerprint density at radius 3 is 2.79 bits per heavy atom. The zero-order valence-electron chi connectivity index (χ0n) is 16.0. The summed E-state index contributed by atoms with van der Waals surface area (Å²) in [5.74, 6) is 0.593. The van der Waals surface area contributed by atoms with E-state index in [4.69, 9.17) is 0 Å². The molecule has 28 heavy (non-hydrogen) atoms. The Labute approximate surface area is 163 Å². The van der Waals surface area contributed by atoms with Crippen LogP contribution in [0.4, 0.5) is 5.95 Å².